The summed E-state index contributed by atoms with van der Waals surface area (Å²) in [5.41, 5.74) is 0.735. The van der Waals surface area contributed by atoms with Crippen LogP contribution in [0, 0.1) is 5.82 Å². The first-order valence-electron chi connectivity index (χ1n) is 5.46. The van der Waals surface area contributed by atoms with E-state index in [1.807, 2.05) is 17.8 Å². The Balaban J connectivity index is 1.96. The van der Waals surface area contributed by atoms with E-state index in [2.05, 4.69) is 28.2 Å². The van der Waals surface area contributed by atoms with E-state index in [0.29, 0.717) is 17.8 Å². The predicted octanol–water partition coefficient (Wildman–Crippen LogP) is 3.57. The minimum absolute atomic E-state index is 0.131. The van der Waals surface area contributed by atoms with Gasteiger partial charge in [0.2, 0.25) is 0 Å². The molecule has 1 aliphatic heterocycles. The zero-order valence-electron chi connectivity index (χ0n) is 9.17. The minimum atomic E-state index is -0.131. The zero-order valence-corrected chi connectivity index (χ0v) is 11.6. The van der Waals surface area contributed by atoms with E-state index in [0.717, 1.165) is 10.0 Å². The second-order valence-electron chi connectivity index (χ2n) is 4.09. The molecule has 1 saturated heterocycles. The number of thioether (sulfide) groups is 1. The number of rotatable bonds is 3. The first-order chi connectivity index (χ1) is 7.66. The lowest BCUT2D eigenvalue weighted by molar-refractivity contribution is 0.499. The fourth-order valence-electron chi connectivity index (χ4n) is 1.92. The van der Waals surface area contributed by atoms with E-state index in [1.54, 1.807) is 6.07 Å². The summed E-state index contributed by atoms with van der Waals surface area (Å²) in [6.45, 7) is 2.84. The molecule has 1 nitrogen and oxygen atoms in total. The molecule has 1 fully saturated rings. The van der Waals surface area contributed by atoms with Gasteiger partial charge in [-0.3, -0.25) is 0 Å². The van der Waals surface area contributed by atoms with Gasteiger partial charge in [0.15, 0.2) is 0 Å². The Morgan fingerprint density at radius 1 is 1.56 bits per heavy atom. The first-order valence-corrected chi connectivity index (χ1v) is 7.30. The van der Waals surface area contributed by atoms with Crippen molar-refractivity contribution < 1.29 is 4.39 Å². The smallest absolute Gasteiger partial charge is 0.127 e. The van der Waals surface area contributed by atoms with Crippen LogP contribution in [0.4, 0.5) is 4.39 Å². The molecule has 0 aromatic heterocycles. The lowest BCUT2D eigenvalue weighted by atomic mass is 10.1. The molecule has 4 heteroatoms. The van der Waals surface area contributed by atoms with E-state index in [4.69, 9.17) is 0 Å². The van der Waals surface area contributed by atoms with Gasteiger partial charge in [0.1, 0.15) is 5.82 Å². The quantitative estimate of drug-likeness (QED) is 0.916. The molecule has 0 spiro atoms. The molecule has 1 aromatic rings. The average Bonchev–Trinajstić information content (AvgIpc) is 2.66. The van der Waals surface area contributed by atoms with Crippen LogP contribution in [-0.2, 0) is 6.54 Å². The molecular formula is C12H15BrFNS. The van der Waals surface area contributed by atoms with Gasteiger partial charge < -0.3 is 5.32 Å². The Labute approximate surface area is 108 Å². The highest BCUT2D eigenvalue weighted by Crippen LogP contribution is 2.26. The molecule has 16 heavy (non-hydrogen) atoms. The molecule has 2 atom stereocenters. The molecule has 88 valence electrons. The number of nitrogens with one attached hydrogen (secondary N) is 1. The molecule has 2 unspecified atom stereocenters. The van der Waals surface area contributed by atoms with Crippen molar-refractivity contribution >= 4 is 27.7 Å². The number of hydrogen-bond acceptors (Lipinski definition) is 2. The molecular weight excluding hydrogens is 289 g/mol. The Bertz CT molecular complexity index is 372. The van der Waals surface area contributed by atoms with Gasteiger partial charge in [0.25, 0.3) is 0 Å². The second kappa shape index (κ2) is 5.52. The van der Waals surface area contributed by atoms with Gasteiger partial charge in [-0.05, 0) is 30.4 Å². The highest BCUT2D eigenvalue weighted by atomic mass is 79.9. The summed E-state index contributed by atoms with van der Waals surface area (Å²) in [6.07, 6.45) is 1.18. The third kappa shape index (κ3) is 2.99. The Morgan fingerprint density at radius 2 is 2.38 bits per heavy atom. The summed E-state index contributed by atoms with van der Waals surface area (Å²) in [7, 11) is 0. The third-order valence-electron chi connectivity index (χ3n) is 2.94. The third-order valence-corrected chi connectivity index (χ3v) is 4.76. The molecule has 2 rings (SSSR count). The van der Waals surface area contributed by atoms with Crippen LogP contribution >= 0.6 is 27.7 Å². The van der Waals surface area contributed by atoms with Crippen molar-refractivity contribution in [3.63, 3.8) is 0 Å². The fraction of sp³-hybridized carbons (Fsp3) is 0.500. The summed E-state index contributed by atoms with van der Waals surface area (Å²) in [6, 6.07) is 5.60. The molecule has 0 aliphatic carbocycles. The van der Waals surface area contributed by atoms with Gasteiger partial charge in [0, 0.05) is 27.9 Å². The van der Waals surface area contributed by atoms with Crippen molar-refractivity contribution in [1.82, 2.24) is 5.32 Å². The Kier molecular flexibility index (Phi) is 4.27. The number of benzene rings is 1. The monoisotopic (exact) mass is 303 g/mol. The van der Waals surface area contributed by atoms with Gasteiger partial charge in [-0.25, -0.2) is 4.39 Å². The van der Waals surface area contributed by atoms with Crippen molar-refractivity contribution in [3.05, 3.63) is 34.1 Å². The van der Waals surface area contributed by atoms with Crippen LogP contribution in [0.15, 0.2) is 22.7 Å². The van der Waals surface area contributed by atoms with E-state index in [9.17, 15) is 4.39 Å². The fourth-order valence-corrected chi connectivity index (χ4v) is 3.55. The molecule has 0 amide bonds. The molecule has 1 heterocycles. The number of hydrogen-bond donors (Lipinski definition) is 1. The van der Waals surface area contributed by atoms with E-state index in [1.165, 1.54) is 18.2 Å². The number of halogens is 2. The summed E-state index contributed by atoms with van der Waals surface area (Å²) in [5, 5.41) is 4.07. The van der Waals surface area contributed by atoms with Crippen molar-refractivity contribution in [1.29, 1.82) is 0 Å². The van der Waals surface area contributed by atoms with Crippen molar-refractivity contribution in [2.75, 3.05) is 5.75 Å². The van der Waals surface area contributed by atoms with Crippen molar-refractivity contribution in [3.8, 4) is 0 Å². The predicted molar refractivity (Wildman–Crippen MR) is 71.3 cm³/mol. The first kappa shape index (κ1) is 12.4. The lowest BCUT2D eigenvalue weighted by Crippen LogP contribution is -2.33. The van der Waals surface area contributed by atoms with Crippen molar-refractivity contribution in [2.24, 2.45) is 0 Å². The molecule has 0 saturated carbocycles. The molecule has 1 aromatic carbocycles. The summed E-state index contributed by atoms with van der Waals surface area (Å²) >= 11 is 5.35. The summed E-state index contributed by atoms with van der Waals surface area (Å²) < 4.78 is 14.4. The van der Waals surface area contributed by atoms with Gasteiger partial charge in [-0.15, -0.1) is 0 Å². The van der Waals surface area contributed by atoms with E-state index < -0.39 is 0 Å². The van der Waals surface area contributed by atoms with Crippen LogP contribution in [0.3, 0.4) is 0 Å². The normalized spacial score (nSPS) is 24.9. The van der Waals surface area contributed by atoms with Gasteiger partial charge >= 0.3 is 0 Å². The van der Waals surface area contributed by atoms with Crippen LogP contribution in [0.25, 0.3) is 0 Å². The van der Waals surface area contributed by atoms with Crippen LogP contribution in [0.5, 0.6) is 0 Å². The van der Waals surface area contributed by atoms with Crippen molar-refractivity contribution in [2.45, 2.75) is 31.2 Å². The maximum absolute atomic E-state index is 13.5. The largest absolute Gasteiger partial charge is 0.309 e. The van der Waals surface area contributed by atoms with Gasteiger partial charge in [0.05, 0.1) is 0 Å². The molecule has 0 bridgehead atoms. The van der Waals surface area contributed by atoms with E-state index >= 15 is 0 Å². The topological polar surface area (TPSA) is 12.0 Å². The lowest BCUT2D eigenvalue weighted by Gasteiger charge is -2.16. The summed E-state index contributed by atoms with van der Waals surface area (Å²) in [4.78, 5) is 0. The second-order valence-corrected chi connectivity index (χ2v) is 6.49. The highest BCUT2D eigenvalue weighted by molar-refractivity contribution is 9.10. The average molecular weight is 304 g/mol. The molecule has 1 aliphatic rings. The highest BCUT2D eigenvalue weighted by Gasteiger charge is 2.23. The maximum atomic E-state index is 13.5. The molecule has 1 N–H and O–H groups in total. The summed E-state index contributed by atoms with van der Waals surface area (Å²) in [5.74, 6) is 1.08. The standard InChI is InChI=1S/C12H15BrFNS/c1-8-12(4-5-16-8)15-7-9-6-10(13)2-3-11(9)14/h2-3,6,8,12,15H,4-5,7H2,1H3. The minimum Gasteiger partial charge on any atom is -0.309 e. The van der Waals surface area contributed by atoms with Crippen LogP contribution in [0.1, 0.15) is 18.9 Å². The SMILES string of the molecule is CC1SCCC1NCc1cc(Br)ccc1F. The maximum Gasteiger partial charge on any atom is 0.127 e. The van der Waals surface area contributed by atoms with Gasteiger partial charge in [-0.2, -0.15) is 11.8 Å². The van der Waals surface area contributed by atoms with Crippen LogP contribution < -0.4 is 5.32 Å². The molecule has 0 radical (unpaired) electrons. The van der Waals surface area contributed by atoms with Crippen LogP contribution in [0.2, 0.25) is 0 Å². The zero-order chi connectivity index (χ0) is 11.5. The van der Waals surface area contributed by atoms with E-state index in [-0.39, 0.29) is 5.82 Å². The van der Waals surface area contributed by atoms with Crippen LogP contribution in [-0.4, -0.2) is 17.0 Å². The Morgan fingerprint density at radius 3 is 3.06 bits per heavy atom. The van der Waals surface area contributed by atoms with Gasteiger partial charge in [-0.1, -0.05) is 22.9 Å². The Hall–Kier alpha value is -0.0600.